The summed E-state index contributed by atoms with van der Waals surface area (Å²) in [6.07, 6.45) is 3.87. The summed E-state index contributed by atoms with van der Waals surface area (Å²) in [4.78, 5) is 4.49. The molecule has 2 aromatic rings. The van der Waals surface area contributed by atoms with E-state index < -0.39 is 0 Å². The van der Waals surface area contributed by atoms with Crippen LogP contribution in [0.25, 0.3) is 5.65 Å². The minimum atomic E-state index is 0.221. The maximum Gasteiger partial charge on any atom is 0.155 e. The molecule has 2 heterocycles. The molecule has 2 N–H and O–H groups in total. The molecule has 0 aliphatic carbocycles. The summed E-state index contributed by atoms with van der Waals surface area (Å²) in [5.74, 6) is 0.515. The van der Waals surface area contributed by atoms with E-state index in [1.54, 1.807) is 0 Å². The van der Waals surface area contributed by atoms with Crippen LogP contribution < -0.4 is 5.32 Å². The van der Waals surface area contributed by atoms with Crippen LogP contribution >= 0.6 is 0 Å². The number of aliphatic hydroxyl groups is 1. The van der Waals surface area contributed by atoms with Gasteiger partial charge in [0.1, 0.15) is 0 Å². The summed E-state index contributed by atoms with van der Waals surface area (Å²) < 4.78 is 1.91. The van der Waals surface area contributed by atoms with Crippen LogP contribution in [0.1, 0.15) is 49.7 Å². The van der Waals surface area contributed by atoms with Crippen LogP contribution in [0.15, 0.2) is 12.3 Å². The van der Waals surface area contributed by atoms with Gasteiger partial charge in [0.25, 0.3) is 0 Å². The number of fused-ring (bicyclic) bond motifs is 1. The number of aryl methyl sites for hydroxylation is 2. The Bertz CT molecular complexity index is 593. The predicted octanol–water partition coefficient (Wildman–Crippen LogP) is 2.41. The average Bonchev–Trinajstić information content (AvgIpc) is 2.85. The topological polar surface area (TPSA) is 62.5 Å². The largest absolute Gasteiger partial charge is 0.396 e. The van der Waals surface area contributed by atoms with Gasteiger partial charge in [0.2, 0.25) is 0 Å². The van der Waals surface area contributed by atoms with Crippen LogP contribution in [0.3, 0.4) is 0 Å². The van der Waals surface area contributed by atoms with Gasteiger partial charge in [-0.2, -0.15) is 5.10 Å². The van der Waals surface area contributed by atoms with Gasteiger partial charge in [0.15, 0.2) is 5.65 Å². The van der Waals surface area contributed by atoms with Crippen LogP contribution in [0.2, 0.25) is 0 Å². The molecule has 2 unspecified atom stereocenters. The monoisotopic (exact) mass is 290 g/mol. The third-order valence-electron chi connectivity index (χ3n) is 4.18. The van der Waals surface area contributed by atoms with E-state index in [1.807, 2.05) is 23.7 Å². The lowest BCUT2D eigenvalue weighted by Crippen LogP contribution is -2.27. The second-order valence-electron chi connectivity index (χ2n) is 5.77. The predicted molar refractivity (Wildman–Crippen MR) is 84.4 cm³/mol. The van der Waals surface area contributed by atoms with Gasteiger partial charge < -0.3 is 10.4 Å². The normalized spacial score (nSPS) is 14.5. The molecule has 0 aliphatic rings. The highest BCUT2D eigenvalue weighted by molar-refractivity contribution is 5.42. The molecule has 0 saturated carbocycles. The summed E-state index contributed by atoms with van der Waals surface area (Å²) in [6.45, 7) is 9.55. The zero-order valence-corrected chi connectivity index (χ0v) is 13.4. The van der Waals surface area contributed by atoms with Crippen molar-refractivity contribution in [3.8, 4) is 0 Å². The van der Waals surface area contributed by atoms with Crippen molar-refractivity contribution in [1.29, 1.82) is 0 Å². The summed E-state index contributed by atoms with van der Waals surface area (Å²) in [7, 11) is 0. The van der Waals surface area contributed by atoms with E-state index in [9.17, 15) is 0 Å². The van der Waals surface area contributed by atoms with Crippen molar-refractivity contribution in [3.05, 3.63) is 29.2 Å². The summed E-state index contributed by atoms with van der Waals surface area (Å²) in [5.41, 5.74) is 4.18. The lowest BCUT2D eigenvalue weighted by Gasteiger charge is -2.20. The Morgan fingerprint density at radius 3 is 2.81 bits per heavy atom. The minimum Gasteiger partial charge on any atom is -0.396 e. The number of nitrogens with one attached hydrogen (secondary N) is 1. The second-order valence-corrected chi connectivity index (χ2v) is 5.77. The van der Waals surface area contributed by atoms with E-state index in [1.165, 1.54) is 5.56 Å². The first-order chi connectivity index (χ1) is 10.1. The van der Waals surface area contributed by atoms with Gasteiger partial charge in [-0.05, 0) is 39.7 Å². The van der Waals surface area contributed by atoms with Crippen molar-refractivity contribution in [1.82, 2.24) is 19.9 Å². The molecule has 0 aromatic carbocycles. The van der Waals surface area contributed by atoms with Gasteiger partial charge in [-0.25, -0.2) is 9.50 Å². The van der Waals surface area contributed by atoms with E-state index in [0.29, 0.717) is 5.92 Å². The van der Waals surface area contributed by atoms with Gasteiger partial charge in [-0.15, -0.1) is 0 Å². The Hall–Kier alpha value is -1.46. The highest BCUT2D eigenvalue weighted by atomic mass is 16.3. The number of rotatable bonds is 7. The average molecular weight is 290 g/mol. The molecule has 5 heteroatoms. The number of nitrogens with zero attached hydrogens (tertiary/aromatic N) is 3. The molecule has 0 spiro atoms. The van der Waals surface area contributed by atoms with Gasteiger partial charge in [0, 0.05) is 36.2 Å². The minimum absolute atomic E-state index is 0.221. The summed E-state index contributed by atoms with van der Waals surface area (Å²) >= 11 is 0. The first-order valence-corrected chi connectivity index (χ1v) is 7.72. The van der Waals surface area contributed by atoms with Crippen LogP contribution in [0, 0.1) is 19.8 Å². The SMILES string of the molecule is CCC(CCO)CNC(C)c1cnc2cc(C)nn2c1C. The molecule has 21 heavy (non-hydrogen) atoms. The zero-order chi connectivity index (χ0) is 15.4. The van der Waals surface area contributed by atoms with Gasteiger partial charge in [-0.1, -0.05) is 13.3 Å². The van der Waals surface area contributed by atoms with Gasteiger partial charge in [0.05, 0.1) is 5.69 Å². The molecule has 0 aliphatic heterocycles. The Labute approximate surface area is 126 Å². The summed E-state index contributed by atoms with van der Waals surface area (Å²) in [6, 6.07) is 2.21. The van der Waals surface area contributed by atoms with E-state index in [2.05, 4.69) is 36.2 Å². The zero-order valence-electron chi connectivity index (χ0n) is 13.4. The highest BCUT2D eigenvalue weighted by Crippen LogP contribution is 2.18. The Kier molecular flexibility index (Phi) is 5.31. The molecular weight excluding hydrogens is 264 g/mol. The van der Waals surface area contributed by atoms with Crippen molar-refractivity contribution >= 4 is 5.65 Å². The molecule has 2 aromatic heterocycles. The van der Waals surface area contributed by atoms with E-state index in [4.69, 9.17) is 5.11 Å². The Morgan fingerprint density at radius 1 is 1.38 bits per heavy atom. The first-order valence-electron chi connectivity index (χ1n) is 7.72. The fourth-order valence-corrected chi connectivity index (χ4v) is 2.69. The lowest BCUT2D eigenvalue weighted by atomic mass is 10.0. The highest BCUT2D eigenvalue weighted by Gasteiger charge is 2.14. The molecule has 0 radical (unpaired) electrons. The van der Waals surface area contributed by atoms with Crippen LogP contribution in [-0.2, 0) is 0 Å². The molecule has 0 bridgehead atoms. The van der Waals surface area contributed by atoms with Crippen LogP contribution in [-0.4, -0.2) is 32.9 Å². The van der Waals surface area contributed by atoms with Crippen LogP contribution in [0.4, 0.5) is 0 Å². The third-order valence-corrected chi connectivity index (χ3v) is 4.18. The number of hydrogen-bond acceptors (Lipinski definition) is 4. The fourth-order valence-electron chi connectivity index (χ4n) is 2.69. The van der Waals surface area contributed by atoms with E-state index >= 15 is 0 Å². The molecule has 5 nitrogen and oxygen atoms in total. The van der Waals surface area contributed by atoms with Gasteiger partial charge >= 0.3 is 0 Å². The molecule has 2 rings (SSSR count). The van der Waals surface area contributed by atoms with E-state index in [0.717, 1.165) is 36.4 Å². The van der Waals surface area contributed by atoms with Crippen molar-refractivity contribution in [2.24, 2.45) is 5.92 Å². The molecule has 2 atom stereocenters. The fraction of sp³-hybridized carbons (Fsp3) is 0.625. The molecule has 0 amide bonds. The lowest BCUT2D eigenvalue weighted by molar-refractivity contribution is 0.249. The molecule has 116 valence electrons. The van der Waals surface area contributed by atoms with Crippen molar-refractivity contribution < 1.29 is 5.11 Å². The van der Waals surface area contributed by atoms with Crippen molar-refractivity contribution in [3.63, 3.8) is 0 Å². The number of aromatic nitrogens is 3. The smallest absolute Gasteiger partial charge is 0.155 e. The van der Waals surface area contributed by atoms with Crippen LogP contribution in [0.5, 0.6) is 0 Å². The molecule has 0 fully saturated rings. The van der Waals surface area contributed by atoms with E-state index in [-0.39, 0.29) is 12.6 Å². The van der Waals surface area contributed by atoms with Crippen molar-refractivity contribution in [2.75, 3.05) is 13.2 Å². The quantitative estimate of drug-likeness (QED) is 0.822. The summed E-state index contributed by atoms with van der Waals surface area (Å²) in [5, 5.41) is 17.1. The maximum atomic E-state index is 9.07. The number of hydrogen-bond donors (Lipinski definition) is 2. The first kappa shape index (κ1) is 15.9. The third kappa shape index (κ3) is 3.60. The molecular formula is C16H26N4O. The standard InChI is InChI=1S/C16H26N4O/c1-5-14(6-7-21)9-17-12(3)15-10-18-16-8-11(2)19-20(16)13(15)4/h8,10,12,14,17,21H,5-7,9H2,1-4H3. The Balaban J connectivity index is 2.11. The second kappa shape index (κ2) is 7.00. The van der Waals surface area contributed by atoms with Crippen molar-refractivity contribution in [2.45, 2.75) is 46.6 Å². The maximum absolute atomic E-state index is 9.07. The number of aliphatic hydroxyl groups excluding tert-OH is 1. The van der Waals surface area contributed by atoms with Gasteiger partial charge in [-0.3, -0.25) is 0 Å². The Morgan fingerprint density at radius 2 is 2.14 bits per heavy atom. The molecule has 0 saturated heterocycles.